The number of ether oxygens (including phenoxy) is 2. The summed E-state index contributed by atoms with van der Waals surface area (Å²) in [7, 11) is 0. The fraction of sp³-hybridized carbons (Fsp3) is 1.00. The minimum absolute atomic E-state index is 0.111. The minimum atomic E-state index is -0.118. The average molecular weight is 174 g/mol. The SMILES string of the molecule is CCC(C)OC(C)OC(C)(C)C. The van der Waals surface area contributed by atoms with Gasteiger partial charge in [0, 0.05) is 0 Å². The molecule has 0 spiro atoms. The Morgan fingerprint density at radius 2 is 1.67 bits per heavy atom. The molecular formula is C10H22O2. The van der Waals surface area contributed by atoms with Gasteiger partial charge in [-0.25, -0.2) is 0 Å². The van der Waals surface area contributed by atoms with Crippen molar-refractivity contribution in [2.24, 2.45) is 0 Å². The topological polar surface area (TPSA) is 18.5 Å². The van der Waals surface area contributed by atoms with Crippen LogP contribution in [0.15, 0.2) is 0 Å². The van der Waals surface area contributed by atoms with Gasteiger partial charge in [-0.3, -0.25) is 0 Å². The van der Waals surface area contributed by atoms with E-state index in [0.29, 0.717) is 0 Å². The first-order valence-corrected chi connectivity index (χ1v) is 4.68. The quantitative estimate of drug-likeness (QED) is 0.610. The molecule has 0 aromatic heterocycles. The maximum atomic E-state index is 5.59. The van der Waals surface area contributed by atoms with Crippen molar-refractivity contribution in [2.45, 2.75) is 66.0 Å². The van der Waals surface area contributed by atoms with Crippen LogP contribution < -0.4 is 0 Å². The summed E-state index contributed by atoms with van der Waals surface area (Å²) in [6, 6.07) is 0. The van der Waals surface area contributed by atoms with Crippen molar-refractivity contribution in [3.63, 3.8) is 0 Å². The molecular weight excluding hydrogens is 152 g/mol. The summed E-state index contributed by atoms with van der Waals surface area (Å²) < 4.78 is 11.1. The van der Waals surface area contributed by atoms with Crippen molar-refractivity contribution in [3.05, 3.63) is 0 Å². The zero-order valence-electron chi connectivity index (χ0n) is 9.18. The molecule has 0 saturated heterocycles. The molecule has 2 unspecified atom stereocenters. The Bertz CT molecular complexity index is 115. The Balaban J connectivity index is 3.66. The highest BCUT2D eigenvalue weighted by Gasteiger charge is 2.16. The van der Waals surface area contributed by atoms with E-state index in [4.69, 9.17) is 9.47 Å². The first kappa shape index (κ1) is 11.9. The molecule has 0 radical (unpaired) electrons. The standard InChI is InChI=1S/C10H22O2/c1-7-8(2)11-9(3)12-10(4,5)6/h8-9H,7H2,1-6H3. The van der Waals surface area contributed by atoms with Gasteiger partial charge in [0.1, 0.15) is 0 Å². The predicted octanol–water partition coefficient (Wildman–Crippen LogP) is 2.96. The highest BCUT2D eigenvalue weighted by Crippen LogP contribution is 2.13. The van der Waals surface area contributed by atoms with Crippen LogP contribution in [0.25, 0.3) is 0 Å². The molecule has 0 fully saturated rings. The Kier molecular flexibility index (Phi) is 4.80. The maximum absolute atomic E-state index is 5.59. The third kappa shape index (κ3) is 6.62. The second kappa shape index (κ2) is 4.83. The zero-order chi connectivity index (χ0) is 9.78. The van der Waals surface area contributed by atoms with Gasteiger partial charge >= 0.3 is 0 Å². The van der Waals surface area contributed by atoms with Gasteiger partial charge in [0.15, 0.2) is 6.29 Å². The molecule has 0 aromatic carbocycles. The monoisotopic (exact) mass is 174 g/mol. The number of rotatable bonds is 4. The molecule has 0 N–H and O–H groups in total. The van der Waals surface area contributed by atoms with E-state index in [1.807, 2.05) is 27.7 Å². The van der Waals surface area contributed by atoms with Gasteiger partial charge < -0.3 is 9.47 Å². The molecule has 12 heavy (non-hydrogen) atoms. The molecule has 0 bridgehead atoms. The van der Waals surface area contributed by atoms with Crippen LogP contribution >= 0.6 is 0 Å². The van der Waals surface area contributed by atoms with Crippen molar-refractivity contribution in [2.75, 3.05) is 0 Å². The van der Waals surface area contributed by atoms with E-state index in [-0.39, 0.29) is 18.0 Å². The van der Waals surface area contributed by atoms with E-state index >= 15 is 0 Å². The average Bonchev–Trinajstić information content (AvgIpc) is 1.82. The van der Waals surface area contributed by atoms with Crippen LogP contribution in [0.4, 0.5) is 0 Å². The summed E-state index contributed by atoms with van der Waals surface area (Å²) in [5.41, 5.74) is -0.118. The largest absolute Gasteiger partial charge is 0.350 e. The first-order valence-electron chi connectivity index (χ1n) is 4.68. The second-order valence-electron chi connectivity index (χ2n) is 4.15. The summed E-state index contributed by atoms with van der Waals surface area (Å²) in [5, 5.41) is 0. The van der Waals surface area contributed by atoms with Gasteiger partial charge in [0.25, 0.3) is 0 Å². The fourth-order valence-corrected chi connectivity index (χ4v) is 0.949. The van der Waals surface area contributed by atoms with Crippen LogP contribution in [-0.2, 0) is 9.47 Å². The lowest BCUT2D eigenvalue weighted by Crippen LogP contribution is -2.29. The van der Waals surface area contributed by atoms with E-state index in [1.165, 1.54) is 0 Å². The Labute approximate surface area is 76.3 Å². The second-order valence-corrected chi connectivity index (χ2v) is 4.15. The van der Waals surface area contributed by atoms with Crippen molar-refractivity contribution in [1.29, 1.82) is 0 Å². The van der Waals surface area contributed by atoms with Crippen LogP contribution in [0, 0.1) is 0 Å². The molecule has 74 valence electrons. The molecule has 0 saturated carbocycles. The molecule has 0 aliphatic carbocycles. The summed E-state index contributed by atoms with van der Waals surface area (Å²) in [6.07, 6.45) is 1.19. The van der Waals surface area contributed by atoms with Crippen LogP contribution in [0.2, 0.25) is 0 Å². The van der Waals surface area contributed by atoms with Crippen LogP contribution in [-0.4, -0.2) is 18.0 Å². The molecule has 2 nitrogen and oxygen atoms in total. The van der Waals surface area contributed by atoms with Gasteiger partial charge in [0.2, 0.25) is 0 Å². The van der Waals surface area contributed by atoms with Crippen molar-refractivity contribution in [1.82, 2.24) is 0 Å². The maximum Gasteiger partial charge on any atom is 0.155 e. The number of hydrogen-bond acceptors (Lipinski definition) is 2. The smallest absolute Gasteiger partial charge is 0.155 e. The van der Waals surface area contributed by atoms with Crippen LogP contribution in [0.3, 0.4) is 0 Å². The van der Waals surface area contributed by atoms with E-state index in [1.54, 1.807) is 0 Å². The van der Waals surface area contributed by atoms with Gasteiger partial charge in [-0.15, -0.1) is 0 Å². The molecule has 2 atom stereocenters. The van der Waals surface area contributed by atoms with Gasteiger partial charge in [-0.05, 0) is 41.0 Å². The fourth-order valence-electron chi connectivity index (χ4n) is 0.949. The summed E-state index contributed by atoms with van der Waals surface area (Å²) in [4.78, 5) is 0. The first-order chi connectivity index (χ1) is 5.35. The molecule has 0 aliphatic heterocycles. The normalized spacial score (nSPS) is 17.5. The molecule has 0 aliphatic rings. The van der Waals surface area contributed by atoms with Crippen LogP contribution in [0.5, 0.6) is 0 Å². The Hall–Kier alpha value is -0.0800. The van der Waals surface area contributed by atoms with Gasteiger partial charge in [0.05, 0.1) is 11.7 Å². The molecule has 0 heterocycles. The highest BCUT2D eigenvalue weighted by atomic mass is 16.7. The van der Waals surface area contributed by atoms with E-state index in [2.05, 4.69) is 13.8 Å². The van der Waals surface area contributed by atoms with Gasteiger partial charge in [-0.2, -0.15) is 0 Å². The third-order valence-corrected chi connectivity index (χ3v) is 1.52. The summed E-state index contributed by atoms with van der Waals surface area (Å²) >= 11 is 0. The van der Waals surface area contributed by atoms with Crippen molar-refractivity contribution < 1.29 is 9.47 Å². The highest BCUT2D eigenvalue weighted by molar-refractivity contribution is 4.59. The number of hydrogen-bond donors (Lipinski definition) is 0. The van der Waals surface area contributed by atoms with E-state index < -0.39 is 0 Å². The minimum Gasteiger partial charge on any atom is -0.350 e. The molecule has 0 aromatic rings. The molecule has 0 rings (SSSR count). The van der Waals surface area contributed by atoms with E-state index in [9.17, 15) is 0 Å². The van der Waals surface area contributed by atoms with Crippen molar-refractivity contribution >= 4 is 0 Å². The third-order valence-electron chi connectivity index (χ3n) is 1.52. The molecule has 0 amide bonds. The van der Waals surface area contributed by atoms with Gasteiger partial charge in [-0.1, -0.05) is 6.92 Å². The van der Waals surface area contributed by atoms with Crippen LogP contribution in [0.1, 0.15) is 48.0 Å². The lowest BCUT2D eigenvalue weighted by molar-refractivity contribution is -0.203. The summed E-state index contributed by atoms with van der Waals surface area (Å²) in [6.45, 7) is 12.2. The zero-order valence-corrected chi connectivity index (χ0v) is 9.18. The van der Waals surface area contributed by atoms with E-state index in [0.717, 1.165) is 6.42 Å². The Morgan fingerprint density at radius 3 is 2.00 bits per heavy atom. The lowest BCUT2D eigenvalue weighted by atomic mass is 10.2. The molecule has 2 heteroatoms. The van der Waals surface area contributed by atoms with Crippen molar-refractivity contribution in [3.8, 4) is 0 Å². The Morgan fingerprint density at radius 1 is 1.17 bits per heavy atom. The predicted molar refractivity (Wildman–Crippen MR) is 51.1 cm³/mol. The summed E-state index contributed by atoms with van der Waals surface area (Å²) in [5.74, 6) is 0. The lowest BCUT2D eigenvalue weighted by Gasteiger charge is -2.26.